The van der Waals surface area contributed by atoms with Crippen LogP contribution in [0.1, 0.15) is 43.9 Å². The first-order valence-corrected chi connectivity index (χ1v) is 7.52. The standard InChI is InChI=1S/C15H24N4/c1-11-4-3-5-12(8-11)19(2)15-13-9-16-7-6-14(13)17-10-18-15/h10-12,16H,3-9H2,1-2H3. The van der Waals surface area contributed by atoms with Crippen molar-refractivity contribution >= 4 is 5.82 Å². The molecule has 1 aliphatic carbocycles. The largest absolute Gasteiger partial charge is 0.356 e. The van der Waals surface area contributed by atoms with Gasteiger partial charge in [0, 0.05) is 38.2 Å². The Morgan fingerprint density at radius 2 is 2.21 bits per heavy atom. The maximum atomic E-state index is 4.57. The number of nitrogens with zero attached hydrogens (tertiary/aromatic N) is 3. The lowest BCUT2D eigenvalue weighted by Gasteiger charge is -2.36. The van der Waals surface area contributed by atoms with E-state index in [1.54, 1.807) is 6.33 Å². The third kappa shape index (κ3) is 2.59. The monoisotopic (exact) mass is 260 g/mol. The first kappa shape index (κ1) is 12.9. The number of fused-ring (bicyclic) bond motifs is 1. The molecule has 1 aliphatic heterocycles. The van der Waals surface area contributed by atoms with E-state index in [1.165, 1.54) is 36.9 Å². The Morgan fingerprint density at radius 3 is 3.05 bits per heavy atom. The van der Waals surface area contributed by atoms with Crippen molar-refractivity contribution in [2.45, 2.75) is 51.6 Å². The molecule has 2 unspecified atom stereocenters. The smallest absolute Gasteiger partial charge is 0.136 e. The van der Waals surface area contributed by atoms with Crippen LogP contribution >= 0.6 is 0 Å². The van der Waals surface area contributed by atoms with Gasteiger partial charge in [0.05, 0.1) is 5.69 Å². The van der Waals surface area contributed by atoms with Crippen LogP contribution in [0.2, 0.25) is 0 Å². The van der Waals surface area contributed by atoms with Gasteiger partial charge in [-0.3, -0.25) is 0 Å². The van der Waals surface area contributed by atoms with Gasteiger partial charge in [-0.25, -0.2) is 9.97 Å². The predicted molar refractivity (Wildman–Crippen MR) is 77.3 cm³/mol. The first-order chi connectivity index (χ1) is 9.25. The van der Waals surface area contributed by atoms with Crippen LogP contribution in [0.25, 0.3) is 0 Å². The molecule has 1 fully saturated rings. The molecule has 19 heavy (non-hydrogen) atoms. The summed E-state index contributed by atoms with van der Waals surface area (Å²) < 4.78 is 0. The molecular formula is C15H24N4. The van der Waals surface area contributed by atoms with Crippen molar-refractivity contribution in [2.24, 2.45) is 5.92 Å². The molecule has 3 rings (SSSR count). The minimum Gasteiger partial charge on any atom is -0.356 e. The van der Waals surface area contributed by atoms with Crippen molar-refractivity contribution in [3.63, 3.8) is 0 Å². The minimum absolute atomic E-state index is 0.643. The Kier molecular flexibility index (Phi) is 3.69. The molecule has 0 amide bonds. The Labute approximate surface area is 115 Å². The third-order valence-electron chi connectivity index (χ3n) is 4.64. The van der Waals surface area contributed by atoms with Gasteiger partial charge in [0.1, 0.15) is 12.1 Å². The van der Waals surface area contributed by atoms with E-state index in [-0.39, 0.29) is 0 Å². The van der Waals surface area contributed by atoms with E-state index in [2.05, 4.69) is 34.2 Å². The molecular weight excluding hydrogens is 236 g/mol. The van der Waals surface area contributed by atoms with Crippen LogP contribution in [-0.4, -0.2) is 29.6 Å². The highest BCUT2D eigenvalue weighted by molar-refractivity contribution is 5.49. The molecule has 4 nitrogen and oxygen atoms in total. The molecule has 1 aromatic rings. The van der Waals surface area contributed by atoms with Crippen LogP contribution in [0.3, 0.4) is 0 Å². The molecule has 0 spiro atoms. The Balaban J connectivity index is 1.84. The van der Waals surface area contributed by atoms with Crippen LogP contribution < -0.4 is 10.2 Å². The number of hydrogen-bond acceptors (Lipinski definition) is 4. The van der Waals surface area contributed by atoms with Crippen LogP contribution in [-0.2, 0) is 13.0 Å². The van der Waals surface area contributed by atoms with E-state index >= 15 is 0 Å². The predicted octanol–water partition coefficient (Wildman–Crippen LogP) is 2.14. The molecule has 0 saturated heterocycles. The van der Waals surface area contributed by atoms with Crippen LogP contribution in [0, 0.1) is 5.92 Å². The molecule has 1 saturated carbocycles. The molecule has 1 N–H and O–H groups in total. The quantitative estimate of drug-likeness (QED) is 0.884. The summed E-state index contributed by atoms with van der Waals surface area (Å²) in [6, 6.07) is 0.643. The zero-order valence-electron chi connectivity index (χ0n) is 12.0. The lowest BCUT2D eigenvalue weighted by molar-refractivity contribution is 0.335. The molecule has 0 radical (unpaired) electrons. The lowest BCUT2D eigenvalue weighted by Crippen LogP contribution is -2.38. The van der Waals surface area contributed by atoms with Gasteiger partial charge in [-0.15, -0.1) is 0 Å². The lowest BCUT2D eigenvalue weighted by atomic mass is 9.86. The van der Waals surface area contributed by atoms with E-state index in [0.29, 0.717) is 6.04 Å². The fourth-order valence-corrected chi connectivity index (χ4v) is 3.49. The summed E-state index contributed by atoms with van der Waals surface area (Å²) in [5, 5.41) is 3.44. The third-order valence-corrected chi connectivity index (χ3v) is 4.64. The highest BCUT2D eigenvalue weighted by Gasteiger charge is 2.26. The minimum atomic E-state index is 0.643. The summed E-state index contributed by atoms with van der Waals surface area (Å²) in [7, 11) is 2.21. The molecule has 2 aliphatic rings. The van der Waals surface area contributed by atoms with E-state index in [1.807, 2.05) is 0 Å². The van der Waals surface area contributed by atoms with Gasteiger partial charge in [0.15, 0.2) is 0 Å². The molecule has 1 aromatic heterocycles. The Hall–Kier alpha value is -1.16. The summed E-state index contributed by atoms with van der Waals surface area (Å²) in [6.45, 7) is 4.32. The molecule has 104 valence electrons. The second kappa shape index (κ2) is 5.45. The zero-order valence-corrected chi connectivity index (χ0v) is 12.0. The van der Waals surface area contributed by atoms with E-state index < -0.39 is 0 Å². The second-order valence-electron chi connectivity index (χ2n) is 6.09. The topological polar surface area (TPSA) is 41.1 Å². The van der Waals surface area contributed by atoms with Gasteiger partial charge in [0.25, 0.3) is 0 Å². The maximum Gasteiger partial charge on any atom is 0.136 e. The van der Waals surface area contributed by atoms with Gasteiger partial charge in [-0.05, 0) is 18.8 Å². The second-order valence-corrected chi connectivity index (χ2v) is 6.09. The Morgan fingerprint density at radius 1 is 1.32 bits per heavy atom. The average molecular weight is 260 g/mol. The van der Waals surface area contributed by atoms with Crippen molar-refractivity contribution < 1.29 is 0 Å². The van der Waals surface area contributed by atoms with Crippen molar-refractivity contribution in [2.75, 3.05) is 18.5 Å². The molecule has 2 atom stereocenters. The number of anilines is 1. The maximum absolute atomic E-state index is 4.57. The van der Waals surface area contributed by atoms with E-state index in [4.69, 9.17) is 0 Å². The zero-order chi connectivity index (χ0) is 13.2. The van der Waals surface area contributed by atoms with Crippen molar-refractivity contribution in [3.05, 3.63) is 17.6 Å². The summed E-state index contributed by atoms with van der Waals surface area (Å²) in [5.74, 6) is 1.99. The molecule has 0 bridgehead atoms. The van der Waals surface area contributed by atoms with Crippen molar-refractivity contribution in [3.8, 4) is 0 Å². The van der Waals surface area contributed by atoms with Gasteiger partial charge < -0.3 is 10.2 Å². The van der Waals surface area contributed by atoms with Gasteiger partial charge in [0.2, 0.25) is 0 Å². The van der Waals surface area contributed by atoms with Crippen molar-refractivity contribution in [1.29, 1.82) is 0 Å². The fraction of sp³-hybridized carbons (Fsp3) is 0.733. The van der Waals surface area contributed by atoms with Gasteiger partial charge in [-0.1, -0.05) is 19.8 Å². The summed E-state index contributed by atoms with van der Waals surface area (Å²) >= 11 is 0. The number of hydrogen-bond donors (Lipinski definition) is 1. The summed E-state index contributed by atoms with van der Waals surface area (Å²) in [5.41, 5.74) is 2.55. The van der Waals surface area contributed by atoms with Crippen LogP contribution in [0.4, 0.5) is 5.82 Å². The summed E-state index contributed by atoms with van der Waals surface area (Å²) in [6.07, 6.45) is 8.09. The fourth-order valence-electron chi connectivity index (χ4n) is 3.49. The number of rotatable bonds is 2. The average Bonchev–Trinajstić information content (AvgIpc) is 2.46. The number of aromatic nitrogens is 2. The molecule has 0 aromatic carbocycles. The Bertz CT molecular complexity index is 446. The van der Waals surface area contributed by atoms with E-state index in [9.17, 15) is 0 Å². The first-order valence-electron chi connectivity index (χ1n) is 7.52. The summed E-state index contributed by atoms with van der Waals surface area (Å²) in [4.78, 5) is 11.4. The van der Waals surface area contributed by atoms with Crippen molar-refractivity contribution in [1.82, 2.24) is 15.3 Å². The van der Waals surface area contributed by atoms with E-state index in [0.717, 1.165) is 31.2 Å². The highest BCUT2D eigenvalue weighted by atomic mass is 15.2. The normalized spacial score (nSPS) is 26.8. The van der Waals surface area contributed by atoms with Crippen LogP contribution in [0.5, 0.6) is 0 Å². The highest BCUT2D eigenvalue weighted by Crippen LogP contribution is 2.31. The molecule has 4 heteroatoms. The SMILES string of the molecule is CC1CCCC(N(C)c2ncnc3c2CNCC3)C1. The molecule has 2 heterocycles. The van der Waals surface area contributed by atoms with Crippen LogP contribution in [0.15, 0.2) is 6.33 Å². The van der Waals surface area contributed by atoms with Gasteiger partial charge in [-0.2, -0.15) is 0 Å². The number of nitrogens with one attached hydrogen (secondary N) is 1. The van der Waals surface area contributed by atoms with Gasteiger partial charge >= 0.3 is 0 Å².